The van der Waals surface area contributed by atoms with Gasteiger partial charge in [0, 0.05) is 5.56 Å². The molecular formula is C29H25NO4P+. The number of ether oxygens (including phenoxy) is 1. The first-order valence-electron chi connectivity index (χ1n) is 11.0. The number of amides is 2. The lowest BCUT2D eigenvalue weighted by Gasteiger charge is -2.28. The molecule has 2 N–H and O–H groups in total. The lowest BCUT2D eigenvalue weighted by molar-refractivity contribution is -0.116. The summed E-state index contributed by atoms with van der Waals surface area (Å²) in [5, 5.41) is 16.1. The second-order valence-corrected chi connectivity index (χ2v) is 11.0. The van der Waals surface area contributed by atoms with Gasteiger partial charge in [0.25, 0.3) is 11.2 Å². The summed E-state index contributed by atoms with van der Waals surface area (Å²) in [6, 6.07) is 37.1. The van der Waals surface area contributed by atoms with Crippen LogP contribution in [0, 0.1) is 0 Å². The quantitative estimate of drug-likeness (QED) is 0.234. The summed E-state index contributed by atoms with van der Waals surface area (Å²) in [4.78, 5) is 26.8. The van der Waals surface area contributed by atoms with Crippen LogP contribution >= 0.6 is 7.26 Å². The van der Waals surface area contributed by atoms with Crippen molar-refractivity contribution in [3.05, 3.63) is 138 Å². The number of hydrogen-bond acceptors (Lipinski definition) is 4. The Labute approximate surface area is 205 Å². The lowest BCUT2D eigenvalue weighted by atomic mass is 10.2. The predicted molar refractivity (Wildman–Crippen MR) is 141 cm³/mol. The van der Waals surface area contributed by atoms with E-state index in [1.54, 1.807) is 30.3 Å². The molecule has 0 aromatic heterocycles. The summed E-state index contributed by atoms with van der Waals surface area (Å²) >= 11 is 0. The molecule has 2 amide bonds. The molecule has 6 heteroatoms. The number of nitrogens with one attached hydrogen (secondary N) is 1. The molecule has 0 fully saturated rings. The van der Waals surface area contributed by atoms with Crippen molar-refractivity contribution in [2.75, 3.05) is 7.11 Å². The van der Waals surface area contributed by atoms with Crippen molar-refractivity contribution in [2.24, 2.45) is 0 Å². The number of aliphatic hydroxyl groups is 1. The second-order valence-electron chi connectivity index (χ2n) is 7.68. The Balaban J connectivity index is 2.00. The predicted octanol–water partition coefficient (Wildman–Crippen LogP) is 4.31. The molecule has 0 atom stereocenters. The van der Waals surface area contributed by atoms with Crippen LogP contribution in [0.4, 0.5) is 0 Å². The SMILES string of the molecule is CO/C(O)=C(\C(=O)NC(=O)c1ccccc1)[P+](c1ccccc1)(c1ccccc1)c1ccccc1. The monoisotopic (exact) mass is 482 g/mol. The molecular weight excluding hydrogens is 457 g/mol. The van der Waals surface area contributed by atoms with Crippen molar-refractivity contribution < 1.29 is 19.4 Å². The van der Waals surface area contributed by atoms with E-state index in [9.17, 15) is 14.7 Å². The summed E-state index contributed by atoms with van der Waals surface area (Å²) < 4.78 is 5.28. The molecule has 0 aliphatic carbocycles. The Morgan fingerprint density at radius 3 is 1.40 bits per heavy atom. The van der Waals surface area contributed by atoms with Gasteiger partial charge < -0.3 is 9.84 Å². The Morgan fingerprint density at radius 1 is 0.657 bits per heavy atom. The third-order valence-corrected chi connectivity index (χ3v) is 9.92. The topological polar surface area (TPSA) is 75.6 Å². The first-order valence-corrected chi connectivity index (χ1v) is 12.8. The molecule has 174 valence electrons. The molecule has 0 radical (unpaired) electrons. The number of methoxy groups -OCH3 is 1. The Hall–Kier alpha value is -4.21. The van der Waals surface area contributed by atoms with Gasteiger partial charge >= 0.3 is 11.9 Å². The molecule has 5 nitrogen and oxygen atoms in total. The van der Waals surface area contributed by atoms with Crippen molar-refractivity contribution in [3.8, 4) is 0 Å². The normalized spacial score (nSPS) is 11.8. The molecule has 4 rings (SSSR count). The average molecular weight is 482 g/mol. The average Bonchev–Trinajstić information content (AvgIpc) is 2.93. The largest absolute Gasteiger partial charge is 0.478 e. The minimum Gasteiger partial charge on any atom is -0.478 e. The lowest BCUT2D eigenvalue weighted by Crippen LogP contribution is -2.40. The zero-order valence-electron chi connectivity index (χ0n) is 19.2. The maximum absolute atomic E-state index is 13.9. The first kappa shape index (κ1) is 23.9. The van der Waals surface area contributed by atoms with E-state index in [-0.39, 0.29) is 5.31 Å². The molecule has 0 saturated heterocycles. The third-order valence-electron chi connectivity index (χ3n) is 5.64. The molecule has 4 aromatic carbocycles. The van der Waals surface area contributed by atoms with E-state index in [0.717, 1.165) is 15.9 Å². The summed E-state index contributed by atoms with van der Waals surface area (Å²) in [7, 11) is -1.70. The van der Waals surface area contributed by atoms with Gasteiger partial charge in [-0.05, 0) is 48.5 Å². The van der Waals surface area contributed by atoms with E-state index in [1.165, 1.54) is 7.11 Å². The Kier molecular flexibility index (Phi) is 7.39. The van der Waals surface area contributed by atoms with Crippen molar-refractivity contribution in [2.45, 2.75) is 0 Å². The van der Waals surface area contributed by atoms with Gasteiger partial charge in [-0.3, -0.25) is 14.9 Å². The Bertz CT molecular complexity index is 1230. The number of aliphatic hydroxyl groups excluding tert-OH is 1. The van der Waals surface area contributed by atoms with E-state index in [2.05, 4.69) is 5.32 Å². The van der Waals surface area contributed by atoms with E-state index in [0.29, 0.717) is 5.56 Å². The number of carbonyl (C=O) groups excluding carboxylic acids is 2. The second kappa shape index (κ2) is 10.8. The molecule has 35 heavy (non-hydrogen) atoms. The molecule has 0 aliphatic rings. The standard InChI is InChI=1S/C29H24NO4P/c1-34-29(33)26(28(32)30-27(31)22-14-6-2-7-15-22)35(23-16-8-3-9-17-23,24-18-10-4-11-19-24)25-20-12-5-13-21-25/h2-21H,1H3,(H-,30,31,32,33)/p+1. The third kappa shape index (κ3) is 4.72. The van der Waals surface area contributed by atoms with Gasteiger partial charge in [0.2, 0.25) is 0 Å². The van der Waals surface area contributed by atoms with Crippen LogP contribution in [0.15, 0.2) is 133 Å². The highest BCUT2D eigenvalue weighted by molar-refractivity contribution is 7.99. The maximum Gasteiger partial charge on any atom is 0.328 e. The first-order chi connectivity index (χ1) is 17.1. The molecule has 0 unspecified atom stereocenters. The van der Waals surface area contributed by atoms with Crippen LogP contribution in [-0.2, 0) is 9.53 Å². The molecule has 0 heterocycles. The fourth-order valence-electron chi connectivity index (χ4n) is 4.10. The van der Waals surface area contributed by atoms with Crippen LogP contribution in [-0.4, -0.2) is 24.0 Å². The summed E-state index contributed by atoms with van der Waals surface area (Å²) in [6.45, 7) is 0. The van der Waals surface area contributed by atoms with Gasteiger partial charge in [-0.25, -0.2) is 0 Å². The van der Waals surface area contributed by atoms with Gasteiger partial charge in [-0.2, -0.15) is 0 Å². The van der Waals surface area contributed by atoms with Crippen LogP contribution in [0.3, 0.4) is 0 Å². The molecule has 0 saturated carbocycles. The van der Waals surface area contributed by atoms with Gasteiger partial charge in [0.1, 0.15) is 15.9 Å². The van der Waals surface area contributed by atoms with Crippen molar-refractivity contribution in [3.63, 3.8) is 0 Å². The van der Waals surface area contributed by atoms with Gasteiger partial charge in [-0.1, -0.05) is 72.8 Å². The zero-order valence-corrected chi connectivity index (χ0v) is 20.1. The highest BCUT2D eigenvalue weighted by Gasteiger charge is 2.55. The van der Waals surface area contributed by atoms with Gasteiger partial charge in [-0.15, -0.1) is 0 Å². The van der Waals surface area contributed by atoms with Crippen molar-refractivity contribution in [1.29, 1.82) is 0 Å². The summed E-state index contributed by atoms with van der Waals surface area (Å²) in [5.41, 5.74) is 0.333. The highest BCUT2D eigenvalue weighted by atomic mass is 31.2. The van der Waals surface area contributed by atoms with E-state index in [4.69, 9.17) is 4.74 Å². The van der Waals surface area contributed by atoms with Gasteiger partial charge in [0.05, 0.1) is 7.11 Å². The minimum atomic E-state index is -3.00. The Morgan fingerprint density at radius 2 is 1.03 bits per heavy atom. The van der Waals surface area contributed by atoms with E-state index < -0.39 is 25.0 Å². The fourth-order valence-corrected chi connectivity index (χ4v) is 8.37. The smallest absolute Gasteiger partial charge is 0.328 e. The van der Waals surface area contributed by atoms with Crippen LogP contribution in [0.5, 0.6) is 0 Å². The van der Waals surface area contributed by atoms with Crippen molar-refractivity contribution >= 4 is 35.0 Å². The minimum absolute atomic E-state index is 0.00730. The molecule has 0 aliphatic heterocycles. The van der Waals surface area contributed by atoms with Crippen LogP contribution in [0.25, 0.3) is 0 Å². The molecule has 0 bridgehead atoms. The fraction of sp³-hybridized carbons (Fsp3) is 0.0345. The molecule has 0 spiro atoms. The van der Waals surface area contributed by atoms with Crippen molar-refractivity contribution in [1.82, 2.24) is 5.32 Å². The number of hydrogen-bond donors (Lipinski definition) is 2. The van der Waals surface area contributed by atoms with Crippen LogP contribution in [0.2, 0.25) is 0 Å². The van der Waals surface area contributed by atoms with Crippen LogP contribution < -0.4 is 21.2 Å². The summed E-state index contributed by atoms with van der Waals surface area (Å²) in [5.74, 6) is -1.82. The molecule has 4 aromatic rings. The number of imide groups is 1. The van der Waals surface area contributed by atoms with E-state index >= 15 is 0 Å². The van der Waals surface area contributed by atoms with E-state index in [1.807, 2.05) is 91.0 Å². The maximum atomic E-state index is 13.9. The summed E-state index contributed by atoms with van der Waals surface area (Å²) in [6.07, 6.45) is 0. The number of rotatable bonds is 7. The van der Waals surface area contributed by atoms with Gasteiger partial charge in [0.15, 0.2) is 7.26 Å². The number of carbonyl (C=O) groups is 2. The highest BCUT2D eigenvalue weighted by Crippen LogP contribution is 2.63. The van der Waals surface area contributed by atoms with Crippen LogP contribution in [0.1, 0.15) is 10.4 Å². The zero-order chi connectivity index (χ0) is 24.7. The number of benzene rings is 4.